The summed E-state index contributed by atoms with van der Waals surface area (Å²) in [4.78, 5) is 26.7. The maximum absolute atomic E-state index is 13.0. The van der Waals surface area contributed by atoms with Crippen molar-refractivity contribution in [1.29, 1.82) is 0 Å². The Morgan fingerprint density at radius 2 is 2.11 bits per heavy atom. The van der Waals surface area contributed by atoms with Crippen molar-refractivity contribution >= 4 is 11.8 Å². The van der Waals surface area contributed by atoms with E-state index >= 15 is 0 Å². The Morgan fingerprint density at radius 1 is 1.33 bits per heavy atom. The number of methoxy groups -OCH3 is 1. The van der Waals surface area contributed by atoms with Crippen LogP contribution in [0.15, 0.2) is 18.2 Å². The summed E-state index contributed by atoms with van der Waals surface area (Å²) in [5, 5.41) is 6.08. The van der Waals surface area contributed by atoms with E-state index in [0.717, 1.165) is 32.5 Å². The second kappa shape index (κ2) is 10.2. The number of hydrogen-bond donors (Lipinski definition) is 2. The lowest BCUT2D eigenvalue weighted by Crippen LogP contribution is -2.42. The average molecular weight is 377 g/mol. The third-order valence-corrected chi connectivity index (χ3v) is 4.42. The minimum atomic E-state index is -0.199. The SMILES string of the molecule is CCCN(C(=O)c1ccc(OCC(=O)NC(C)C)c(OC)c1)C1CCNC1. The Hall–Kier alpha value is -2.28. The molecule has 0 aromatic heterocycles. The maximum atomic E-state index is 13.0. The molecule has 0 aliphatic carbocycles. The predicted octanol–water partition coefficient (Wildman–Crippen LogP) is 1.81. The zero-order valence-corrected chi connectivity index (χ0v) is 16.7. The van der Waals surface area contributed by atoms with Crippen molar-refractivity contribution in [2.75, 3.05) is 33.4 Å². The first-order valence-electron chi connectivity index (χ1n) is 9.58. The molecule has 2 rings (SSSR count). The Bertz CT molecular complexity index is 642. The highest BCUT2D eigenvalue weighted by atomic mass is 16.5. The maximum Gasteiger partial charge on any atom is 0.258 e. The van der Waals surface area contributed by atoms with Crippen LogP contribution in [0, 0.1) is 0 Å². The van der Waals surface area contributed by atoms with E-state index < -0.39 is 0 Å². The molecule has 1 aliphatic heterocycles. The van der Waals surface area contributed by atoms with Gasteiger partial charge in [0.15, 0.2) is 18.1 Å². The normalized spacial score (nSPS) is 16.3. The van der Waals surface area contributed by atoms with Crippen LogP contribution in [0.3, 0.4) is 0 Å². The molecule has 2 N–H and O–H groups in total. The summed E-state index contributed by atoms with van der Waals surface area (Å²) in [5.41, 5.74) is 0.561. The van der Waals surface area contributed by atoms with Gasteiger partial charge in [-0.2, -0.15) is 0 Å². The second-order valence-corrected chi connectivity index (χ2v) is 7.02. The first kappa shape index (κ1) is 21.0. The fourth-order valence-electron chi connectivity index (χ4n) is 3.19. The lowest BCUT2D eigenvalue weighted by atomic mass is 10.1. The van der Waals surface area contributed by atoms with Gasteiger partial charge in [-0.3, -0.25) is 9.59 Å². The van der Waals surface area contributed by atoms with Crippen LogP contribution in [0.4, 0.5) is 0 Å². The van der Waals surface area contributed by atoms with E-state index in [1.54, 1.807) is 18.2 Å². The van der Waals surface area contributed by atoms with Gasteiger partial charge in [0.25, 0.3) is 11.8 Å². The number of carbonyl (C=O) groups excluding carboxylic acids is 2. The van der Waals surface area contributed by atoms with Gasteiger partial charge < -0.3 is 25.0 Å². The summed E-state index contributed by atoms with van der Waals surface area (Å²) in [6, 6.07) is 5.37. The van der Waals surface area contributed by atoms with Crippen LogP contribution >= 0.6 is 0 Å². The number of rotatable bonds is 9. The smallest absolute Gasteiger partial charge is 0.258 e. The highest BCUT2D eigenvalue weighted by Crippen LogP contribution is 2.29. The molecular weight excluding hydrogens is 346 g/mol. The number of hydrogen-bond acceptors (Lipinski definition) is 5. The van der Waals surface area contributed by atoms with E-state index in [1.165, 1.54) is 7.11 Å². The molecule has 0 spiro atoms. The first-order valence-corrected chi connectivity index (χ1v) is 9.58. The molecule has 150 valence electrons. The molecule has 1 aliphatic rings. The van der Waals surface area contributed by atoms with Gasteiger partial charge in [0.05, 0.1) is 7.11 Å². The Balaban J connectivity index is 2.11. The van der Waals surface area contributed by atoms with Crippen molar-refractivity contribution in [3.8, 4) is 11.5 Å². The highest BCUT2D eigenvalue weighted by molar-refractivity contribution is 5.95. The minimum Gasteiger partial charge on any atom is -0.493 e. The summed E-state index contributed by atoms with van der Waals surface area (Å²) in [6.07, 6.45) is 1.88. The average Bonchev–Trinajstić information content (AvgIpc) is 3.17. The Kier molecular flexibility index (Phi) is 7.91. The molecule has 2 amide bonds. The van der Waals surface area contributed by atoms with Gasteiger partial charge >= 0.3 is 0 Å². The van der Waals surface area contributed by atoms with Crippen LogP contribution < -0.4 is 20.1 Å². The van der Waals surface area contributed by atoms with Gasteiger partial charge in [-0.15, -0.1) is 0 Å². The van der Waals surface area contributed by atoms with Crippen molar-refractivity contribution in [2.24, 2.45) is 0 Å². The van der Waals surface area contributed by atoms with Crippen LogP contribution in [0.25, 0.3) is 0 Å². The molecule has 1 unspecified atom stereocenters. The van der Waals surface area contributed by atoms with E-state index in [-0.39, 0.29) is 30.5 Å². The number of benzene rings is 1. The largest absolute Gasteiger partial charge is 0.493 e. The van der Waals surface area contributed by atoms with Crippen LogP contribution in [-0.4, -0.2) is 62.1 Å². The standard InChI is InChI=1S/C20H31N3O4/c1-5-10-23(16-8-9-21-12-16)20(25)15-6-7-17(18(11-15)26-4)27-13-19(24)22-14(2)3/h6-7,11,14,16,21H,5,8-10,12-13H2,1-4H3,(H,22,24). The molecule has 0 radical (unpaired) electrons. The molecule has 1 fully saturated rings. The number of carbonyl (C=O) groups is 2. The summed E-state index contributed by atoms with van der Waals surface area (Å²) < 4.78 is 10.9. The molecule has 0 saturated carbocycles. The van der Waals surface area contributed by atoms with E-state index in [9.17, 15) is 9.59 Å². The molecular formula is C20H31N3O4. The summed E-state index contributed by atoms with van der Waals surface area (Å²) >= 11 is 0. The Morgan fingerprint density at radius 3 is 2.70 bits per heavy atom. The van der Waals surface area contributed by atoms with Gasteiger partial charge in [0, 0.05) is 30.7 Å². The molecule has 1 aromatic carbocycles. The fraction of sp³-hybridized carbons (Fsp3) is 0.600. The van der Waals surface area contributed by atoms with Gasteiger partial charge in [-0.25, -0.2) is 0 Å². The number of amides is 2. The van der Waals surface area contributed by atoms with Gasteiger partial charge in [-0.05, 0) is 51.4 Å². The van der Waals surface area contributed by atoms with Crippen molar-refractivity contribution in [2.45, 2.75) is 45.7 Å². The van der Waals surface area contributed by atoms with Crippen molar-refractivity contribution in [3.05, 3.63) is 23.8 Å². The third-order valence-electron chi connectivity index (χ3n) is 4.42. The molecule has 7 nitrogen and oxygen atoms in total. The number of nitrogens with zero attached hydrogens (tertiary/aromatic N) is 1. The van der Waals surface area contributed by atoms with Crippen LogP contribution in [0.1, 0.15) is 44.0 Å². The first-order chi connectivity index (χ1) is 13.0. The van der Waals surface area contributed by atoms with Crippen LogP contribution in [-0.2, 0) is 4.79 Å². The number of ether oxygens (including phenoxy) is 2. The molecule has 1 saturated heterocycles. The zero-order valence-electron chi connectivity index (χ0n) is 16.7. The quantitative estimate of drug-likeness (QED) is 0.686. The molecule has 27 heavy (non-hydrogen) atoms. The molecule has 1 aromatic rings. The topological polar surface area (TPSA) is 79.9 Å². The third kappa shape index (κ3) is 5.85. The Labute approximate surface area is 161 Å². The van der Waals surface area contributed by atoms with Crippen molar-refractivity contribution in [3.63, 3.8) is 0 Å². The van der Waals surface area contributed by atoms with Gasteiger partial charge in [0.2, 0.25) is 0 Å². The van der Waals surface area contributed by atoms with Crippen LogP contribution in [0.2, 0.25) is 0 Å². The van der Waals surface area contributed by atoms with E-state index in [1.807, 2.05) is 18.7 Å². The monoisotopic (exact) mass is 377 g/mol. The zero-order chi connectivity index (χ0) is 19.8. The van der Waals surface area contributed by atoms with Crippen LogP contribution in [0.5, 0.6) is 11.5 Å². The highest BCUT2D eigenvalue weighted by Gasteiger charge is 2.27. The lowest BCUT2D eigenvalue weighted by molar-refractivity contribution is -0.123. The fourth-order valence-corrected chi connectivity index (χ4v) is 3.19. The minimum absolute atomic E-state index is 0.00653. The van der Waals surface area contributed by atoms with E-state index in [2.05, 4.69) is 17.6 Å². The van der Waals surface area contributed by atoms with E-state index in [4.69, 9.17) is 9.47 Å². The molecule has 1 heterocycles. The number of nitrogens with one attached hydrogen (secondary N) is 2. The lowest BCUT2D eigenvalue weighted by Gasteiger charge is -2.28. The van der Waals surface area contributed by atoms with Gasteiger partial charge in [-0.1, -0.05) is 6.92 Å². The molecule has 1 atom stereocenters. The van der Waals surface area contributed by atoms with E-state index in [0.29, 0.717) is 17.1 Å². The second-order valence-electron chi connectivity index (χ2n) is 7.02. The summed E-state index contributed by atoms with van der Waals surface area (Å²) in [7, 11) is 1.52. The summed E-state index contributed by atoms with van der Waals surface area (Å²) in [6.45, 7) is 8.24. The molecule has 0 bridgehead atoms. The van der Waals surface area contributed by atoms with Crippen molar-refractivity contribution in [1.82, 2.24) is 15.5 Å². The summed E-state index contributed by atoms with van der Waals surface area (Å²) in [5.74, 6) is 0.680. The predicted molar refractivity (Wildman–Crippen MR) is 104 cm³/mol. The van der Waals surface area contributed by atoms with Crippen molar-refractivity contribution < 1.29 is 19.1 Å². The van der Waals surface area contributed by atoms with Gasteiger partial charge in [0.1, 0.15) is 0 Å². The molecule has 7 heteroatoms.